The zero-order chi connectivity index (χ0) is 24.1. The molecule has 3 aromatic rings. The minimum absolute atomic E-state index is 0.102. The maximum Gasteiger partial charge on any atom is 0.326 e. The zero-order valence-electron chi connectivity index (χ0n) is 17.9. The summed E-state index contributed by atoms with van der Waals surface area (Å²) in [6, 6.07) is 16.4. The van der Waals surface area contributed by atoms with Gasteiger partial charge in [0.25, 0.3) is 5.91 Å². The predicted octanol–water partition coefficient (Wildman–Crippen LogP) is 5.81. The molecule has 0 heterocycles. The number of nitrogens with one attached hydrogen (secondary N) is 2. The first kappa shape index (κ1) is 23.4. The molecule has 4 rings (SSSR count). The second-order valence-corrected chi connectivity index (χ2v) is 8.31. The number of anilines is 1. The van der Waals surface area contributed by atoms with Crippen LogP contribution in [0.1, 0.15) is 34.3 Å². The highest BCUT2D eigenvalue weighted by Gasteiger charge is 2.43. The molecule has 34 heavy (non-hydrogen) atoms. The third-order valence-electron chi connectivity index (χ3n) is 5.44. The van der Waals surface area contributed by atoms with Gasteiger partial charge < -0.3 is 10.2 Å². The van der Waals surface area contributed by atoms with Gasteiger partial charge in [-0.3, -0.25) is 10.1 Å². The van der Waals surface area contributed by atoms with Gasteiger partial charge in [0.1, 0.15) is 23.8 Å². The molecule has 0 unspecified atom stereocenters. The maximum atomic E-state index is 13.7. The van der Waals surface area contributed by atoms with Crippen molar-refractivity contribution in [1.82, 2.24) is 5.32 Å². The number of oxime groups is 1. The van der Waals surface area contributed by atoms with E-state index in [0.717, 1.165) is 42.2 Å². The molecule has 0 aromatic heterocycles. The largest absolute Gasteiger partial charge is 0.391 e. The third kappa shape index (κ3) is 5.58. The van der Waals surface area contributed by atoms with Gasteiger partial charge in [-0.25, -0.2) is 13.6 Å². The summed E-state index contributed by atoms with van der Waals surface area (Å²) in [4.78, 5) is 29.4. The van der Waals surface area contributed by atoms with Crippen LogP contribution in [0.4, 0.5) is 19.3 Å². The van der Waals surface area contributed by atoms with E-state index >= 15 is 0 Å². The Hall–Kier alpha value is -3.78. The van der Waals surface area contributed by atoms with E-state index in [0.29, 0.717) is 10.7 Å². The standard InChI is InChI=1S/C25H20ClF2N3O3/c26-18-8-6-17(7-9-18)25(12-13-25)15-29-34-14-16-4-10-19(11-5-16)30-24(33)31-23(32)22-20(27)2-1-3-21(22)28/h1-11,15H,12-14H2,(H2,30,31,32,33). The number of halogens is 3. The molecule has 0 atom stereocenters. The molecule has 1 aliphatic carbocycles. The van der Waals surface area contributed by atoms with E-state index in [1.54, 1.807) is 24.3 Å². The van der Waals surface area contributed by atoms with Crippen LogP contribution in [-0.4, -0.2) is 18.2 Å². The van der Waals surface area contributed by atoms with Gasteiger partial charge in [-0.2, -0.15) is 0 Å². The lowest BCUT2D eigenvalue weighted by atomic mass is 9.98. The molecule has 174 valence electrons. The van der Waals surface area contributed by atoms with E-state index in [2.05, 4.69) is 10.5 Å². The number of rotatable bonds is 7. The molecule has 2 N–H and O–H groups in total. The highest BCUT2D eigenvalue weighted by molar-refractivity contribution is 6.30. The lowest BCUT2D eigenvalue weighted by Gasteiger charge is -2.10. The summed E-state index contributed by atoms with van der Waals surface area (Å²) in [6.07, 6.45) is 3.80. The van der Waals surface area contributed by atoms with Gasteiger partial charge >= 0.3 is 6.03 Å². The lowest BCUT2D eigenvalue weighted by molar-refractivity contribution is 0.0959. The molecule has 3 aromatic carbocycles. The summed E-state index contributed by atoms with van der Waals surface area (Å²) in [7, 11) is 0. The summed E-state index contributed by atoms with van der Waals surface area (Å²) in [5, 5.41) is 9.13. The average Bonchev–Trinajstić information content (AvgIpc) is 3.59. The fourth-order valence-corrected chi connectivity index (χ4v) is 3.51. The fraction of sp³-hybridized carbons (Fsp3) is 0.160. The van der Waals surface area contributed by atoms with Crippen LogP contribution in [0, 0.1) is 11.6 Å². The van der Waals surface area contributed by atoms with Crippen molar-refractivity contribution in [2.24, 2.45) is 5.16 Å². The Balaban J connectivity index is 1.26. The van der Waals surface area contributed by atoms with Crippen molar-refractivity contribution in [2.75, 3.05) is 5.32 Å². The molecule has 9 heteroatoms. The number of benzene rings is 3. The van der Waals surface area contributed by atoms with Crippen LogP contribution in [-0.2, 0) is 16.9 Å². The van der Waals surface area contributed by atoms with Crippen LogP contribution < -0.4 is 10.6 Å². The molecule has 0 saturated heterocycles. The van der Waals surface area contributed by atoms with Crippen LogP contribution in [0.15, 0.2) is 71.9 Å². The van der Waals surface area contributed by atoms with Gasteiger partial charge in [0.2, 0.25) is 0 Å². The number of hydrogen-bond donors (Lipinski definition) is 2. The second-order valence-electron chi connectivity index (χ2n) is 7.87. The van der Waals surface area contributed by atoms with Crippen molar-refractivity contribution in [2.45, 2.75) is 24.9 Å². The quantitative estimate of drug-likeness (QED) is 0.328. The second kappa shape index (κ2) is 10.0. The molecule has 1 saturated carbocycles. The number of carbonyl (C=O) groups excluding carboxylic acids is 2. The highest BCUT2D eigenvalue weighted by Crippen LogP contribution is 2.46. The van der Waals surface area contributed by atoms with Crippen molar-refractivity contribution in [3.8, 4) is 0 Å². The van der Waals surface area contributed by atoms with Crippen LogP contribution in [0.25, 0.3) is 0 Å². The Morgan fingerprint density at radius 1 is 1.00 bits per heavy atom. The fourth-order valence-electron chi connectivity index (χ4n) is 3.39. The molecule has 0 aliphatic heterocycles. The molecule has 0 spiro atoms. The van der Waals surface area contributed by atoms with Crippen LogP contribution in [0.3, 0.4) is 0 Å². The maximum absolute atomic E-state index is 13.7. The molecular weight excluding hydrogens is 464 g/mol. The van der Waals surface area contributed by atoms with E-state index in [1.165, 1.54) is 0 Å². The molecular formula is C25H20ClF2N3O3. The topological polar surface area (TPSA) is 79.8 Å². The Kier molecular flexibility index (Phi) is 6.88. The normalized spacial score (nSPS) is 14.0. The number of imide groups is 1. The van der Waals surface area contributed by atoms with Gasteiger partial charge in [0.15, 0.2) is 0 Å². The monoisotopic (exact) mass is 483 g/mol. The van der Waals surface area contributed by atoms with E-state index in [4.69, 9.17) is 16.4 Å². The summed E-state index contributed by atoms with van der Waals surface area (Å²) in [6.45, 7) is 0.227. The molecule has 6 nitrogen and oxygen atoms in total. The van der Waals surface area contributed by atoms with Crippen LogP contribution >= 0.6 is 11.6 Å². The van der Waals surface area contributed by atoms with Crippen molar-refractivity contribution in [3.05, 3.63) is 100 Å². The minimum atomic E-state index is -1.18. The van der Waals surface area contributed by atoms with Gasteiger partial charge in [0, 0.05) is 16.1 Å². The first-order chi connectivity index (χ1) is 16.4. The summed E-state index contributed by atoms with van der Waals surface area (Å²) < 4.78 is 27.3. The first-order valence-electron chi connectivity index (χ1n) is 10.4. The van der Waals surface area contributed by atoms with Gasteiger partial charge in [-0.05, 0) is 60.4 Å². The number of hydrogen-bond acceptors (Lipinski definition) is 4. The van der Waals surface area contributed by atoms with E-state index < -0.39 is 29.1 Å². The Morgan fingerprint density at radius 3 is 2.26 bits per heavy atom. The number of urea groups is 1. The van der Waals surface area contributed by atoms with Crippen molar-refractivity contribution in [1.29, 1.82) is 0 Å². The Labute approximate surface area is 199 Å². The van der Waals surface area contributed by atoms with Crippen LogP contribution in [0.5, 0.6) is 0 Å². The number of nitrogens with zero attached hydrogens (tertiary/aromatic N) is 1. The molecule has 0 radical (unpaired) electrons. The van der Waals surface area contributed by atoms with Crippen molar-refractivity contribution < 1.29 is 23.2 Å². The van der Waals surface area contributed by atoms with Crippen molar-refractivity contribution >= 4 is 35.4 Å². The lowest BCUT2D eigenvalue weighted by Crippen LogP contribution is -2.35. The van der Waals surface area contributed by atoms with Crippen LogP contribution in [0.2, 0.25) is 5.02 Å². The smallest absolute Gasteiger partial charge is 0.326 e. The molecule has 1 aliphatic rings. The number of amides is 3. The van der Waals surface area contributed by atoms with Gasteiger partial charge in [-0.15, -0.1) is 0 Å². The highest BCUT2D eigenvalue weighted by atomic mass is 35.5. The summed E-state index contributed by atoms with van der Waals surface area (Å²) in [5.74, 6) is -3.29. The van der Waals surface area contributed by atoms with Crippen molar-refractivity contribution in [3.63, 3.8) is 0 Å². The Bertz CT molecular complexity index is 1210. The summed E-state index contributed by atoms with van der Waals surface area (Å²) in [5.41, 5.74) is 1.41. The number of carbonyl (C=O) groups is 2. The van der Waals surface area contributed by atoms with Gasteiger partial charge in [-0.1, -0.05) is 47.1 Å². The molecule has 3 amide bonds. The molecule has 0 bridgehead atoms. The summed E-state index contributed by atoms with van der Waals surface area (Å²) >= 11 is 5.95. The van der Waals surface area contributed by atoms with E-state index in [1.807, 2.05) is 35.8 Å². The van der Waals surface area contributed by atoms with Gasteiger partial charge in [0.05, 0.1) is 6.21 Å². The third-order valence-corrected chi connectivity index (χ3v) is 5.69. The van der Waals surface area contributed by atoms with E-state index in [9.17, 15) is 18.4 Å². The first-order valence-corrected chi connectivity index (χ1v) is 10.8. The molecule has 1 fully saturated rings. The Morgan fingerprint density at radius 2 is 1.65 bits per heavy atom. The average molecular weight is 484 g/mol. The zero-order valence-corrected chi connectivity index (χ0v) is 18.6. The van der Waals surface area contributed by atoms with E-state index in [-0.39, 0.29) is 12.0 Å². The predicted molar refractivity (Wildman–Crippen MR) is 125 cm³/mol. The SMILES string of the molecule is O=C(NC(=O)c1c(F)cccc1F)Nc1ccc(CON=CC2(c3ccc(Cl)cc3)CC2)cc1. The minimum Gasteiger partial charge on any atom is -0.391 e.